The van der Waals surface area contributed by atoms with Crippen molar-refractivity contribution in [2.75, 3.05) is 6.54 Å². The first-order valence-corrected chi connectivity index (χ1v) is 9.28. The van der Waals surface area contributed by atoms with Gasteiger partial charge in [-0.2, -0.15) is 0 Å². The zero-order valence-corrected chi connectivity index (χ0v) is 16.0. The van der Waals surface area contributed by atoms with Gasteiger partial charge in [-0.25, -0.2) is 13.2 Å². The molecule has 1 aromatic heterocycles. The highest BCUT2D eigenvalue weighted by atomic mass is 19.2. The average molecular weight is 410 g/mol. The van der Waals surface area contributed by atoms with Gasteiger partial charge in [-0.05, 0) is 54.0 Å². The number of H-pyrrole nitrogens is 1. The molecule has 2 aromatic carbocycles. The quantitative estimate of drug-likeness (QED) is 0.703. The number of allylic oxidation sites excluding steroid dienone is 2. The van der Waals surface area contributed by atoms with E-state index < -0.39 is 17.2 Å². The largest absolute Gasteiger partial charge is 0.322 e. The van der Waals surface area contributed by atoms with Crippen LogP contribution in [0.2, 0.25) is 0 Å². The van der Waals surface area contributed by atoms with E-state index in [2.05, 4.69) is 4.98 Å². The van der Waals surface area contributed by atoms with Crippen molar-refractivity contribution in [1.82, 2.24) is 9.88 Å². The van der Waals surface area contributed by atoms with Crippen LogP contribution in [0.25, 0.3) is 16.5 Å². The minimum Gasteiger partial charge on any atom is -0.322 e. The van der Waals surface area contributed by atoms with Crippen LogP contribution < -0.4 is 5.56 Å². The molecule has 0 atom stereocenters. The molecule has 0 aliphatic carbocycles. The number of hydrogen-bond acceptors (Lipinski definition) is 2. The van der Waals surface area contributed by atoms with Crippen LogP contribution >= 0.6 is 0 Å². The summed E-state index contributed by atoms with van der Waals surface area (Å²) in [7, 11) is 0. The van der Waals surface area contributed by atoms with Crippen LogP contribution in [-0.4, -0.2) is 22.3 Å². The number of pyridine rings is 1. The number of carbonyl (C=O) groups excluding carboxylic acids is 1. The summed E-state index contributed by atoms with van der Waals surface area (Å²) < 4.78 is 41.3. The maximum absolute atomic E-state index is 14.3. The van der Waals surface area contributed by atoms with Crippen molar-refractivity contribution in [2.24, 2.45) is 0 Å². The van der Waals surface area contributed by atoms with Gasteiger partial charge in [0.2, 0.25) is 5.91 Å². The summed E-state index contributed by atoms with van der Waals surface area (Å²) >= 11 is 0. The lowest BCUT2D eigenvalue weighted by molar-refractivity contribution is -0.127. The summed E-state index contributed by atoms with van der Waals surface area (Å²) in [4.78, 5) is 29.1. The summed E-state index contributed by atoms with van der Waals surface area (Å²) in [5.74, 6) is -2.81. The van der Waals surface area contributed by atoms with E-state index in [1.54, 1.807) is 30.5 Å². The SMILES string of the molecule is Cc1c(CC(=O)N2C=CC(c3cccc(F)c3)=CC2)c(=O)[nH]c2ccc(F)c(F)c12. The van der Waals surface area contributed by atoms with E-state index in [1.807, 2.05) is 0 Å². The van der Waals surface area contributed by atoms with Crippen LogP contribution in [0.1, 0.15) is 16.7 Å². The Hall–Kier alpha value is -3.61. The van der Waals surface area contributed by atoms with E-state index in [4.69, 9.17) is 0 Å². The molecule has 0 saturated carbocycles. The zero-order chi connectivity index (χ0) is 21.4. The molecule has 1 aliphatic heterocycles. The maximum atomic E-state index is 14.3. The number of carbonyl (C=O) groups is 1. The van der Waals surface area contributed by atoms with Crippen LogP contribution in [0.5, 0.6) is 0 Å². The lowest BCUT2D eigenvalue weighted by Crippen LogP contribution is -2.31. The Morgan fingerprint density at radius 2 is 1.97 bits per heavy atom. The Balaban J connectivity index is 1.58. The number of amides is 1. The predicted octanol–water partition coefficient (Wildman–Crippen LogP) is 4.24. The second kappa shape index (κ2) is 7.67. The lowest BCUT2D eigenvalue weighted by Gasteiger charge is -2.21. The van der Waals surface area contributed by atoms with E-state index in [1.165, 1.54) is 30.0 Å². The normalized spacial score (nSPS) is 13.6. The summed E-state index contributed by atoms with van der Waals surface area (Å²) in [5.41, 5.74) is 1.44. The first kappa shape index (κ1) is 19.7. The smallest absolute Gasteiger partial charge is 0.252 e. The Bertz CT molecular complexity index is 1290. The zero-order valence-electron chi connectivity index (χ0n) is 16.0. The van der Waals surface area contributed by atoms with Crippen LogP contribution in [-0.2, 0) is 11.2 Å². The Labute approximate surface area is 170 Å². The maximum Gasteiger partial charge on any atom is 0.252 e. The molecular formula is C23H17F3N2O2. The van der Waals surface area contributed by atoms with Crippen LogP contribution in [0.15, 0.2) is 59.5 Å². The summed E-state index contributed by atoms with van der Waals surface area (Å²) in [6.45, 7) is 1.74. The van der Waals surface area contributed by atoms with Gasteiger partial charge in [-0.3, -0.25) is 9.59 Å². The number of benzene rings is 2. The van der Waals surface area contributed by atoms with Crippen LogP contribution in [0.4, 0.5) is 13.2 Å². The molecule has 152 valence electrons. The minimum absolute atomic E-state index is 0.0418. The van der Waals surface area contributed by atoms with Gasteiger partial charge >= 0.3 is 0 Å². The first-order chi connectivity index (χ1) is 14.3. The molecule has 1 aliphatic rings. The second-order valence-corrected chi connectivity index (χ2v) is 7.05. The number of rotatable bonds is 3. The monoisotopic (exact) mass is 410 g/mol. The molecule has 0 spiro atoms. The average Bonchev–Trinajstić information content (AvgIpc) is 2.73. The number of nitrogens with zero attached hydrogens (tertiary/aromatic N) is 1. The molecule has 0 radical (unpaired) electrons. The van der Waals surface area contributed by atoms with Crippen LogP contribution in [0, 0.1) is 24.4 Å². The molecule has 7 heteroatoms. The fraction of sp³-hybridized carbons (Fsp3) is 0.130. The fourth-order valence-corrected chi connectivity index (χ4v) is 3.57. The van der Waals surface area contributed by atoms with Crippen molar-refractivity contribution in [1.29, 1.82) is 0 Å². The number of hydrogen-bond donors (Lipinski definition) is 1. The van der Waals surface area contributed by atoms with E-state index in [0.717, 1.165) is 11.6 Å². The Morgan fingerprint density at radius 3 is 2.67 bits per heavy atom. The molecule has 0 fully saturated rings. The molecule has 2 heterocycles. The van der Waals surface area contributed by atoms with Crippen molar-refractivity contribution in [3.63, 3.8) is 0 Å². The highest BCUT2D eigenvalue weighted by Gasteiger charge is 2.20. The summed E-state index contributed by atoms with van der Waals surface area (Å²) in [6.07, 6.45) is 4.76. The fourth-order valence-electron chi connectivity index (χ4n) is 3.57. The third-order valence-corrected chi connectivity index (χ3v) is 5.19. The Kier molecular flexibility index (Phi) is 5.03. The third-order valence-electron chi connectivity index (χ3n) is 5.19. The van der Waals surface area contributed by atoms with Gasteiger partial charge in [0.15, 0.2) is 11.6 Å². The van der Waals surface area contributed by atoms with Crippen molar-refractivity contribution < 1.29 is 18.0 Å². The standard InChI is InChI=1S/C23H17F3N2O2/c1-13-17(23(30)27-19-6-5-18(25)22(26)21(13)19)12-20(29)28-9-7-14(8-10-28)15-3-2-4-16(24)11-15/h2-9,11H,10,12H2,1H3,(H,27,30). The molecule has 4 nitrogen and oxygen atoms in total. The van der Waals surface area contributed by atoms with E-state index in [0.29, 0.717) is 5.56 Å². The third kappa shape index (κ3) is 3.54. The number of aryl methyl sites for hydroxylation is 1. The molecule has 0 unspecified atom stereocenters. The number of halogens is 3. The van der Waals surface area contributed by atoms with Crippen molar-refractivity contribution in [2.45, 2.75) is 13.3 Å². The first-order valence-electron chi connectivity index (χ1n) is 9.28. The number of nitrogens with one attached hydrogen (secondary N) is 1. The summed E-state index contributed by atoms with van der Waals surface area (Å²) in [5, 5.41) is -0.0418. The number of aromatic amines is 1. The minimum atomic E-state index is -1.06. The number of fused-ring (bicyclic) bond motifs is 1. The van der Waals surface area contributed by atoms with Gasteiger partial charge in [0.05, 0.1) is 11.9 Å². The molecular weight excluding hydrogens is 393 g/mol. The highest BCUT2D eigenvalue weighted by molar-refractivity contribution is 5.87. The molecule has 1 N–H and O–H groups in total. The van der Waals surface area contributed by atoms with Gasteiger partial charge < -0.3 is 9.88 Å². The van der Waals surface area contributed by atoms with E-state index in [-0.39, 0.29) is 46.7 Å². The predicted molar refractivity (Wildman–Crippen MR) is 108 cm³/mol. The van der Waals surface area contributed by atoms with Crippen molar-refractivity contribution in [3.05, 3.63) is 99.2 Å². The topological polar surface area (TPSA) is 53.2 Å². The van der Waals surface area contributed by atoms with E-state index in [9.17, 15) is 22.8 Å². The van der Waals surface area contributed by atoms with Gasteiger partial charge in [-0.15, -0.1) is 0 Å². The molecule has 30 heavy (non-hydrogen) atoms. The highest BCUT2D eigenvalue weighted by Crippen LogP contribution is 2.24. The van der Waals surface area contributed by atoms with Gasteiger partial charge in [0, 0.05) is 23.7 Å². The molecule has 3 aromatic rings. The Morgan fingerprint density at radius 1 is 1.17 bits per heavy atom. The van der Waals surface area contributed by atoms with Crippen molar-refractivity contribution >= 4 is 22.4 Å². The van der Waals surface area contributed by atoms with Gasteiger partial charge in [-0.1, -0.05) is 18.2 Å². The van der Waals surface area contributed by atoms with Crippen LogP contribution in [0.3, 0.4) is 0 Å². The van der Waals surface area contributed by atoms with Crippen molar-refractivity contribution in [3.8, 4) is 0 Å². The molecule has 0 saturated heterocycles. The molecule has 0 bridgehead atoms. The molecule has 4 rings (SSSR count). The number of aromatic nitrogens is 1. The molecule has 1 amide bonds. The van der Waals surface area contributed by atoms with Gasteiger partial charge in [0.1, 0.15) is 5.82 Å². The van der Waals surface area contributed by atoms with E-state index >= 15 is 0 Å². The lowest BCUT2D eigenvalue weighted by atomic mass is 10.0. The van der Waals surface area contributed by atoms with Gasteiger partial charge in [0.25, 0.3) is 5.56 Å². The summed E-state index contributed by atoms with van der Waals surface area (Å²) in [6, 6.07) is 8.36. The second-order valence-electron chi connectivity index (χ2n) is 7.05.